The van der Waals surface area contributed by atoms with Gasteiger partial charge in [0.25, 0.3) is 0 Å². The molecule has 2 rings (SSSR count). The minimum Gasteiger partial charge on any atom is -0.311 e. The lowest BCUT2D eigenvalue weighted by molar-refractivity contribution is 0.0834. The standard InChI is InChI=1S/C12H23N/c1-5-13-12-7-6-10(8-12)9(2)11(12,3)4/h9-10,13H,5-8H2,1-4H3/t9-,10+,12+/m0/s1. The predicted octanol–water partition coefficient (Wildman–Crippen LogP) is 2.81. The summed E-state index contributed by atoms with van der Waals surface area (Å²) >= 11 is 0. The van der Waals surface area contributed by atoms with Crippen LogP contribution < -0.4 is 5.32 Å². The summed E-state index contributed by atoms with van der Waals surface area (Å²) in [4.78, 5) is 0. The zero-order chi connectivity index (χ0) is 9.69. The van der Waals surface area contributed by atoms with Gasteiger partial charge in [0.05, 0.1) is 0 Å². The molecule has 0 heterocycles. The molecule has 2 saturated carbocycles. The van der Waals surface area contributed by atoms with E-state index in [1.165, 1.54) is 19.3 Å². The minimum atomic E-state index is 0.478. The molecule has 0 unspecified atom stereocenters. The zero-order valence-electron chi connectivity index (χ0n) is 9.48. The lowest BCUT2D eigenvalue weighted by Crippen LogP contribution is -2.54. The van der Waals surface area contributed by atoms with E-state index in [1.807, 2.05) is 0 Å². The molecule has 0 aromatic carbocycles. The molecule has 0 amide bonds. The van der Waals surface area contributed by atoms with Gasteiger partial charge in [-0.05, 0) is 43.1 Å². The van der Waals surface area contributed by atoms with Crippen LogP contribution in [0.1, 0.15) is 47.0 Å². The summed E-state index contributed by atoms with van der Waals surface area (Å²) in [5.41, 5.74) is 0.984. The van der Waals surface area contributed by atoms with Crippen LogP contribution in [0.4, 0.5) is 0 Å². The third-order valence-electron chi connectivity index (χ3n) is 5.15. The first-order chi connectivity index (χ1) is 6.03. The zero-order valence-corrected chi connectivity index (χ0v) is 9.48. The van der Waals surface area contributed by atoms with E-state index in [4.69, 9.17) is 0 Å². The Morgan fingerprint density at radius 2 is 2.08 bits per heavy atom. The number of fused-ring (bicyclic) bond motifs is 2. The fraction of sp³-hybridized carbons (Fsp3) is 1.00. The molecule has 1 N–H and O–H groups in total. The summed E-state index contributed by atoms with van der Waals surface area (Å²) in [7, 11) is 0. The normalized spacial score (nSPS) is 47.1. The first-order valence-corrected chi connectivity index (χ1v) is 5.78. The monoisotopic (exact) mass is 181 g/mol. The fourth-order valence-electron chi connectivity index (χ4n) is 3.85. The SMILES string of the molecule is CCN[C@]12CC[C@H](C1)[C@H](C)C2(C)C. The first-order valence-electron chi connectivity index (χ1n) is 5.78. The third-order valence-corrected chi connectivity index (χ3v) is 5.15. The summed E-state index contributed by atoms with van der Waals surface area (Å²) < 4.78 is 0. The molecule has 2 fully saturated rings. The van der Waals surface area contributed by atoms with E-state index in [0.29, 0.717) is 11.0 Å². The van der Waals surface area contributed by atoms with E-state index in [2.05, 4.69) is 33.0 Å². The quantitative estimate of drug-likeness (QED) is 0.690. The molecule has 0 aliphatic heterocycles. The van der Waals surface area contributed by atoms with Crippen LogP contribution in [0.25, 0.3) is 0 Å². The highest BCUT2D eigenvalue weighted by Gasteiger charge is 2.60. The molecule has 2 aliphatic rings. The van der Waals surface area contributed by atoms with Gasteiger partial charge in [0.2, 0.25) is 0 Å². The van der Waals surface area contributed by atoms with Gasteiger partial charge in [-0.1, -0.05) is 27.7 Å². The highest BCUT2D eigenvalue weighted by Crippen LogP contribution is 2.61. The molecular formula is C12H23N. The highest BCUT2D eigenvalue weighted by molar-refractivity contribution is 5.14. The van der Waals surface area contributed by atoms with Crippen molar-refractivity contribution in [3.8, 4) is 0 Å². The van der Waals surface area contributed by atoms with E-state index < -0.39 is 0 Å². The van der Waals surface area contributed by atoms with Crippen LogP contribution in [0.3, 0.4) is 0 Å². The van der Waals surface area contributed by atoms with Gasteiger partial charge < -0.3 is 5.32 Å². The topological polar surface area (TPSA) is 12.0 Å². The van der Waals surface area contributed by atoms with Crippen molar-refractivity contribution < 1.29 is 0 Å². The molecule has 1 heteroatoms. The van der Waals surface area contributed by atoms with Gasteiger partial charge in [-0.25, -0.2) is 0 Å². The van der Waals surface area contributed by atoms with Gasteiger partial charge in [0.1, 0.15) is 0 Å². The van der Waals surface area contributed by atoms with Crippen LogP contribution in [0.15, 0.2) is 0 Å². The molecule has 0 aromatic rings. The van der Waals surface area contributed by atoms with E-state index >= 15 is 0 Å². The smallest absolute Gasteiger partial charge is 0.0237 e. The molecule has 3 atom stereocenters. The average molecular weight is 181 g/mol. The van der Waals surface area contributed by atoms with Gasteiger partial charge in [-0.2, -0.15) is 0 Å². The van der Waals surface area contributed by atoms with Crippen LogP contribution in [-0.4, -0.2) is 12.1 Å². The second kappa shape index (κ2) is 2.73. The Bertz CT molecular complexity index is 209. The molecule has 0 aromatic heterocycles. The molecule has 13 heavy (non-hydrogen) atoms. The van der Waals surface area contributed by atoms with E-state index in [-0.39, 0.29) is 0 Å². The Morgan fingerprint density at radius 3 is 2.54 bits per heavy atom. The summed E-state index contributed by atoms with van der Waals surface area (Å²) in [6, 6.07) is 0. The molecule has 76 valence electrons. The molecule has 1 nitrogen and oxygen atoms in total. The van der Waals surface area contributed by atoms with Crippen molar-refractivity contribution in [2.24, 2.45) is 17.3 Å². The Morgan fingerprint density at radius 1 is 1.38 bits per heavy atom. The van der Waals surface area contributed by atoms with E-state index in [0.717, 1.165) is 18.4 Å². The molecule has 0 spiro atoms. The van der Waals surface area contributed by atoms with Crippen molar-refractivity contribution in [1.82, 2.24) is 5.32 Å². The van der Waals surface area contributed by atoms with Gasteiger partial charge in [0, 0.05) is 5.54 Å². The molecular weight excluding hydrogens is 158 g/mol. The lowest BCUT2D eigenvalue weighted by Gasteiger charge is -2.46. The Kier molecular flexibility index (Phi) is 1.99. The minimum absolute atomic E-state index is 0.478. The van der Waals surface area contributed by atoms with Crippen LogP contribution in [-0.2, 0) is 0 Å². The van der Waals surface area contributed by atoms with E-state index in [9.17, 15) is 0 Å². The number of nitrogens with one attached hydrogen (secondary N) is 1. The Balaban J connectivity index is 2.27. The van der Waals surface area contributed by atoms with Crippen molar-refractivity contribution in [2.45, 2.75) is 52.5 Å². The van der Waals surface area contributed by atoms with Crippen LogP contribution in [0.2, 0.25) is 0 Å². The van der Waals surface area contributed by atoms with Crippen molar-refractivity contribution in [3.05, 3.63) is 0 Å². The van der Waals surface area contributed by atoms with Crippen LogP contribution in [0.5, 0.6) is 0 Å². The van der Waals surface area contributed by atoms with Gasteiger partial charge in [-0.3, -0.25) is 0 Å². The lowest BCUT2D eigenvalue weighted by atomic mass is 9.65. The second-order valence-corrected chi connectivity index (χ2v) is 5.63. The van der Waals surface area contributed by atoms with Crippen molar-refractivity contribution in [3.63, 3.8) is 0 Å². The molecule has 0 saturated heterocycles. The molecule has 2 aliphatic carbocycles. The Labute approximate surface area is 82.3 Å². The fourth-order valence-corrected chi connectivity index (χ4v) is 3.85. The summed E-state index contributed by atoms with van der Waals surface area (Å²) in [6.45, 7) is 10.7. The summed E-state index contributed by atoms with van der Waals surface area (Å²) in [6.07, 6.45) is 4.29. The first kappa shape index (κ1) is 9.51. The predicted molar refractivity (Wildman–Crippen MR) is 56.7 cm³/mol. The number of hydrogen-bond acceptors (Lipinski definition) is 1. The van der Waals surface area contributed by atoms with Crippen molar-refractivity contribution >= 4 is 0 Å². The number of rotatable bonds is 2. The van der Waals surface area contributed by atoms with Crippen LogP contribution in [0, 0.1) is 17.3 Å². The average Bonchev–Trinajstić information content (AvgIpc) is 2.54. The second-order valence-electron chi connectivity index (χ2n) is 5.63. The largest absolute Gasteiger partial charge is 0.311 e. The Hall–Kier alpha value is -0.0400. The van der Waals surface area contributed by atoms with Gasteiger partial charge in [-0.15, -0.1) is 0 Å². The van der Waals surface area contributed by atoms with Crippen LogP contribution >= 0.6 is 0 Å². The summed E-state index contributed by atoms with van der Waals surface area (Å²) in [5, 5.41) is 3.77. The highest BCUT2D eigenvalue weighted by atomic mass is 15.0. The van der Waals surface area contributed by atoms with Gasteiger partial charge >= 0.3 is 0 Å². The number of hydrogen-bond donors (Lipinski definition) is 1. The molecule has 0 radical (unpaired) electrons. The van der Waals surface area contributed by atoms with Crippen molar-refractivity contribution in [2.75, 3.05) is 6.54 Å². The maximum absolute atomic E-state index is 3.77. The maximum atomic E-state index is 3.77. The van der Waals surface area contributed by atoms with Gasteiger partial charge in [0.15, 0.2) is 0 Å². The maximum Gasteiger partial charge on any atom is 0.0237 e. The van der Waals surface area contributed by atoms with Crippen molar-refractivity contribution in [1.29, 1.82) is 0 Å². The molecule has 2 bridgehead atoms. The summed E-state index contributed by atoms with van der Waals surface area (Å²) in [5.74, 6) is 1.90. The third kappa shape index (κ3) is 1.03. The van der Waals surface area contributed by atoms with E-state index in [1.54, 1.807) is 0 Å².